The van der Waals surface area contributed by atoms with Gasteiger partial charge in [0.25, 0.3) is 0 Å². The van der Waals surface area contributed by atoms with Crippen LogP contribution in [0.4, 0.5) is 5.69 Å². The molecular weight excluding hydrogens is 490 g/mol. The number of anilines is 1. The van der Waals surface area contributed by atoms with Crippen LogP contribution in [0.3, 0.4) is 0 Å². The number of nitrogens with two attached hydrogens (primary N) is 1. The number of benzene rings is 1. The largest absolute Gasteiger partial charge is 0.507 e. The Bertz CT molecular complexity index is 1240. The molecule has 0 radical (unpaired) electrons. The second-order valence-electron chi connectivity index (χ2n) is 11.8. The third-order valence-electron chi connectivity index (χ3n) is 8.55. The molecule has 10 nitrogen and oxygen atoms in total. The number of aliphatic hydroxyl groups is 1. The fourth-order valence-corrected chi connectivity index (χ4v) is 6.80. The maximum absolute atomic E-state index is 14.0. The number of amides is 1. The molecule has 6 atom stereocenters. The lowest BCUT2D eigenvalue weighted by molar-refractivity contribution is -0.182. The number of phenols is 1. The van der Waals surface area contributed by atoms with Gasteiger partial charge in [-0.25, -0.2) is 0 Å². The molecule has 5 N–H and O–H groups in total. The summed E-state index contributed by atoms with van der Waals surface area (Å²) in [6.07, 6.45) is 0.309. The van der Waals surface area contributed by atoms with Crippen LogP contribution in [-0.2, 0) is 32.1 Å². The van der Waals surface area contributed by atoms with Gasteiger partial charge < -0.3 is 26.2 Å². The molecule has 0 aromatic heterocycles. The third-order valence-corrected chi connectivity index (χ3v) is 8.55. The lowest BCUT2D eigenvalue weighted by atomic mass is 9.49. The van der Waals surface area contributed by atoms with Gasteiger partial charge in [0, 0.05) is 49.8 Å². The van der Waals surface area contributed by atoms with E-state index in [1.807, 2.05) is 38.9 Å². The van der Waals surface area contributed by atoms with E-state index in [9.17, 15) is 34.2 Å². The van der Waals surface area contributed by atoms with Crippen LogP contribution in [0, 0.1) is 35.5 Å². The quantitative estimate of drug-likeness (QED) is 0.391. The second kappa shape index (κ2) is 9.57. The van der Waals surface area contributed by atoms with Gasteiger partial charge in [-0.15, -0.1) is 0 Å². The molecule has 206 valence electrons. The van der Waals surface area contributed by atoms with Gasteiger partial charge >= 0.3 is 0 Å². The molecule has 38 heavy (non-hydrogen) atoms. The van der Waals surface area contributed by atoms with Crippen LogP contribution < -0.4 is 16.0 Å². The number of Topliss-reactive ketones (excluding diaryl/α,β-unsaturated/α-hetero) is 4. The summed E-state index contributed by atoms with van der Waals surface area (Å²) in [6.45, 7) is 7.64. The van der Waals surface area contributed by atoms with Crippen molar-refractivity contribution in [3.63, 3.8) is 0 Å². The number of primary amides is 1. The molecule has 0 heterocycles. The predicted octanol–water partition coefficient (Wildman–Crippen LogP) is 0.773. The Hall–Kier alpha value is -3.11. The second-order valence-corrected chi connectivity index (χ2v) is 11.8. The summed E-state index contributed by atoms with van der Waals surface area (Å²) in [6, 6.07) is 1.94. The van der Waals surface area contributed by atoms with Crippen molar-refractivity contribution in [3.8, 4) is 5.75 Å². The van der Waals surface area contributed by atoms with Crippen molar-refractivity contribution in [3.05, 3.63) is 22.8 Å². The van der Waals surface area contributed by atoms with E-state index in [1.54, 1.807) is 13.8 Å². The molecule has 10 heteroatoms. The van der Waals surface area contributed by atoms with Crippen molar-refractivity contribution in [2.45, 2.75) is 58.7 Å². The number of hydrogen-bond acceptors (Lipinski definition) is 9. The number of nitrogens with zero attached hydrogens (tertiary/aromatic N) is 1. The van der Waals surface area contributed by atoms with Gasteiger partial charge in [-0.2, -0.15) is 0 Å². The third kappa shape index (κ3) is 3.96. The molecule has 0 spiro atoms. The van der Waals surface area contributed by atoms with E-state index in [1.165, 1.54) is 0 Å². The Kier molecular flexibility index (Phi) is 7.03. The van der Waals surface area contributed by atoms with Crippen LogP contribution in [0.25, 0.3) is 0 Å². The Balaban J connectivity index is 1.87. The summed E-state index contributed by atoms with van der Waals surface area (Å²) < 4.78 is 0. The molecule has 1 aromatic rings. The first-order valence-electron chi connectivity index (χ1n) is 13.1. The average molecular weight is 528 g/mol. The predicted molar refractivity (Wildman–Crippen MR) is 139 cm³/mol. The van der Waals surface area contributed by atoms with E-state index < -0.39 is 64.2 Å². The van der Waals surface area contributed by atoms with Crippen molar-refractivity contribution >= 4 is 34.7 Å². The van der Waals surface area contributed by atoms with Gasteiger partial charge in [-0.1, -0.05) is 27.7 Å². The number of nitrogens with one attached hydrogen (secondary N) is 1. The van der Waals surface area contributed by atoms with Gasteiger partial charge in [0.15, 0.2) is 34.7 Å². The fourth-order valence-electron chi connectivity index (χ4n) is 6.80. The number of ketones is 4. The maximum atomic E-state index is 14.0. The Morgan fingerprint density at radius 2 is 1.79 bits per heavy atom. The number of aromatic hydroxyl groups is 1. The highest BCUT2D eigenvalue weighted by atomic mass is 16.3. The summed E-state index contributed by atoms with van der Waals surface area (Å²) >= 11 is 0. The van der Waals surface area contributed by atoms with E-state index in [4.69, 9.17) is 5.73 Å². The SMILES string of the molecule is CC(C)NCc1cc(N(C)C)c2c(c1O)C(=O)C1C(=O)[C@]3(O)C(=O)C(C(N)=O)C(=O)[C@@H](C(C)C)[C@@H]3C[C@@H]1C2. The number of rotatable bonds is 6. The van der Waals surface area contributed by atoms with Crippen molar-refractivity contribution < 1.29 is 34.2 Å². The van der Waals surface area contributed by atoms with Crippen LogP contribution in [0.5, 0.6) is 5.75 Å². The highest BCUT2D eigenvalue weighted by molar-refractivity contribution is 6.32. The number of fused-ring (bicyclic) bond motifs is 3. The van der Waals surface area contributed by atoms with Crippen LogP contribution in [0.2, 0.25) is 0 Å². The maximum Gasteiger partial charge on any atom is 0.235 e. The summed E-state index contributed by atoms with van der Waals surface area (Å²) in [5.41, 5.74) is 4.51. The van der Waals surface area contributed by atoms with Crippen LogP contribution in [0.15, 0.2) is 6.07 Å². The first-order valence-corrected chi connectivity index (χ1v) is 13.1. The molecule has 2 unspecified atom stereocenters. The highest BCUT2D eigenvalue weighted by Gasteiger charge is 2.69. The summed E-state index contributed by atoms with van der Waals surface area (Å²) in [5.74, 6) is -11.4. The first-order chi connectivity index (χ1) is 17.6. The minimum Gasteiger partial charge on any atom is -0.507 e. The van der Waals surface area contributed by atoms with E-state index in [0.717, 1.165) is 5.69 Å². The van der Waals surface area contributed by atoms with Crippen molar-refractivity contribution in [2.75, 3.05) is 19.0 Å². The van der Waals surface area contributed by atoms with Gasteiger partial charge in [0.2, 0.25) is 5.91 Å². The Labute approximate surface area is 221 Å². The smallest absolute Gasteiger partial charge is 0.235 e. The molecule has 2 saturated carbocycles. The molecule has 1 amide bonds. The van der Waals surface area contributed by atoms with E-state index >= 15 is 0 Å². The van der Waals surface area contributed by atoms with Crippen molar-refractivity contribution in [2.24, 2.45) is 41.2 Å². The topological polar surface area (TPSA) is 167 Å². The molecule has 3 aliphatic rings. The summed E-state index contributed by atoms with van der Waals surface area (Å²) in [7, 11) is 3.65. The monoisotopic (exact) mass is 527 g/mol. The van der Waals surface area contributed by atoms with Crippen LogP contribution >= 0.6 is 0 Å². The molecule has 0 saturated heterocycles. The zero-order valence-corrected chi connectivity index (χ0v) is 22.7. The molecule has 1 aromatic carbocycles. The normalized spacial score (nSPS) is 30.8. The van der Waals surface area contributed by atoms with Crippen molar-refractivity contribution in [1.82, 2.24) is 5.32 Å². The number of hydrogen-bond donors (Lipinski definition) is 4. The average Bonchev–Trinajstić information content (AvgIpc) is 2.80. The minimum atomic E-state index is -2.69. The van der Waals surface area contributed by atoms with E-state index in [0.29, 0.717) is 11.1 Å². The first kappa shape index (κ1) is 27.9. The molecule has 0 bridgehead atoms. The van der Waals surface area contributed by atoms with E-state index in [-0.39, 0.29) is 42.7 Å². The minimum absolute atomic E-state index is 0.0135. The van der Waals surface area contributed by atoms with Crippen LogP contribution in [0.1, 0.15) is 55.6 Å². The van der Waals surface area contributed by atoms with Gasteiger partial charge in [-0.05, 0) is 36.3 Å². The number of carbonyl (C=O) groups excluding carboxylic acids is 5. The Morgan fingerprint density at radius 3 is 2.32 bits per heavy atom. The standard InChI is InChI=1S/C28H37N3O7/c1-11(2)18-16-8-13-7-15-17(31(5)6)9-14(10-30-12(3)4)22(32)20(15)24(34)19(13)25(35)28(16,38)26(36)21(23(18)33)27(29)37/h9,11-13,16,18-19,21,30,32,38H,7-8,10H2,1-6H3,(H2,29,37)/t13-,16-,18-,19?,21?,28-/m0/s1. The van der Waals surface area contributed by atoms with Gasteiger partial charge in [-0.3, -0.25) is 24.0 Å². The lowest BCUT2D eigenvalue weighted by Gasteiger charge is -2.52. The Morgan fingerprint density at radius 1 is 1.16 bits per heavy atom. The highest BCUT2D eigenvalue weighted by Crippen LogP contribution is 2.54. The zero-order chi connectivity index (χ0) is 28.4. The van der Waals surface area contributed by atoms with Crippen molar-refractivity contribution in [1.29, 1.82) is 0 Å². The van der Waals surface area contributed by atoms with Gasteiger partial charge in [0.05, 0.1) is 11.5 Å². The van der Waals surface area contributed by atoms with Crippen LogP contribution in [-0.4, -0.2) is 65.0 Å². The molecule has 4 rings (SSSR count). The molecule has 2 fully saturated rings. The van der Waals surface area contributed by atoms with Gasteiger partial charge in [0.1, 0.15) is 5.75 Å². The molecular formula is C28H37N3O7. The van der Waals surface area contributed by atoms with E-state index in [2.05, 4.69) is 5.32 Å². The number of carbonyl (C=O) groups is 5. The molecule has 3 aliphatic carbocycles. The zero-order valence-electron chi connectivity index (χ0n) is 22.7. The summed E-state index contributed by atoms with van der Waals surface area (Å²) in [4.78, 5) is 68.5. The fraction of sp³-hybridized carbons (Fsp3) is 0.607. The molecule has 0 aliphatic heterocycles. The summed E-state index contributed by atoms with van der Waals surface area (Å²) in [5, 5.41) is 26.1. The lowest BCUT2D eigenvalue weighted by Crippen LogP contribution is -2.71. The number of phenolic OH excluding ortho intramolecular Hbond substituents is 1.